The molecule has 0 aliphatic carbocycles. The van der Waals surface area contributed by atoms with Gasteiger partial charge >= 0.3 is 0 Å². The normalized spacial score (nSPS) is 10.6. The molecule has 0 unspecified atom stereocenters. The second-order valence-corrected chi connectivity index (χ2v) is 6.84. The lowest BCUT2D eigenvalue weighted by atomic mass is 10.1. The molecule has 0 aliphatic heterocycles. The zero-order valence-corrected chi connectivity index (χ0v) is 15.0. The van der Waals surface area contributed by atoms with Crippen molar-refractivity contribution in [1.29, 1.82) is 0 Å². The number of nitrogens with zero attached hydrogens (tertiary/aromatic N) is 2. The number of rotatable bonds is 5. The van der Waals surface area contributed by atoms with Crippen molar-refractivity contribution in [3.63, 3.8) is 0 Å². The Morgan fingerprint density at radius 2 is 1.84 bits per heavy atom. The van der Waals surface area contributed by atoms with Gasteiger partial charge in [0.25, 0.3) is 0 Å². The van der Waals surface area contributed by atoms with E-state index in [0.717, 1.165) is 28.1 Å². The monoisotopic (exact) mass is 352 g/mol. The predicted octanol–water partition coefficient (Wildman–Crippen LogP) is 3.61. The van der Waals surface area contributed by atoms with Crippen LogP contribution in [0.25, 0.3) is 11.3 Å². The number of anilines is 1. The second-order valence-electron chi connectivity index (χ2n) is 5.90. The number of imidazole rings is 1. The molecule has 6 heteroatoms. The van der Waals surface area contributed by atoms with Crippen LogP contribution in [-0.2, 0) is 4.79 Å². The van der Waals surface area contributed by atoms with Gasteiger partial charge in [-0.3, -0.25) is 4.79 Å². The fourth-order valence-corrected chi connectivity index (χ4v) is 3.30. The SMILES string of the molecule is Cc1cc(C)cc(NC(=O)CSc2nc(-c3ccccc3)cn2N)c1. The van der Waals surface area contributed by atoms with Crippen molar-refractivity contribution in [2.75, 3.05) is 16.9 Å². The first-order valence-corrected chi connectivity index (χ1v) is 8.90. The first kappa shape index (κ1) is 17.1. The van der Waals surface area contributed by atoms with Gasteiger partial charge < -0.3 is 11.2 Å². The molecule has 0 saturated heterocycles. The van der Waals surface area contributed by atoms with E-state index in [1.165, 1.54) is 16.4 Å². The molecule has 25 heavy (non-hydrogen) atoms. The number of carbonyl (C=O) groups excluding carboxylic acids is 1. The Balaban J connectivity index is 1.63. The van der Waals surface area contributed by atoms with Gasteiger partial charge in [0.05, 0.1) is 17.6 Å². The maximum Gasteiger partial charge on any atom is 0.234 e. The van der Waals surface area contributed by atoms with Gasteiger partial charge in [-0.2, -0.15) is 0 Å². The summed E-state index contributed by atoms with van der Waals surface area (Å²) < 4.78 is 1.46. The molecule has 3 rings (SSSR count). The Morgan fingerprint density at radius 1 is 1.16 bits per heavy atom. The topological polar surface area (TPSA) is 72.9 Å². The van der Waals surface area contributed by atoms with Gasteiger partial charge in [0, 0.05) is 11.3 Å². The summed E-state index contributed by atoms with van der Waals surface area (Å²) in [6.07, 6.45) is 1.76. The van der Waals surface area contributed by atoms with Gasteiger partial charge in [0.2, 0.25) is 5.91 Å². The molecule has 1 heterocycles. The molecule has 0 saturated carbocycles. The highest BCUT2D eigenvalue weighted by Gasteiger charge is 2.11. The van der Waals surface area contributed by atoms with Crippen LogP contribution in [0.5, 0.6) is 0 Å². The van der Waals surface area contributed by atoms with Gasteiger partial charge in [0.1, 0.15) is 0 Å². The molecule has 0 fully saturated rings. The van der Waals surface area contributed by atoms with Crippen LogP contribution in [0.2, 0.25) is 0 Å². The number of hydrogen-bond acceptors (Lipinski definition) is 4. The molecule has 1 aromatic heterocycles. The number of amides is 1. The number of nitrogen functional groups attached to an aromatic ring is 1. The van der Waals surface area contributed by atoms with Crippen molar-refractivity contribution < 1.29 is 4.79 Å². The van der Waals surface area contributed by atoms with Crippen LogP contribution in [0.15, 0.2) is 59.9 Å². The van der Waals surface area contributed by atoms with Crippen molar-refractivity contribution in [3.05, 3.63) is 65.9 Å². The van der Waals surface area contributed by atoms with Crippen LogP contribution in [0, 0.1) is 13.8 Å². The summed E-state index contributed by atoms with van der Waals surface area (Å²) in [5, 5.41) is 3.52. The summed E-state index contributed by atoms with van der Waals surface area (Å²) >= 11 is 1.31. The van der Waals surface area contributed by atoms with Gasteiger partial charge in [-0.05, 0) is 37.1 Å². The highest BCUT2D eigenvalue weighted by Crippen LogP contribution is 2.23. The summed E-state index contributed by atoms with van der Waals surface area (Å²) in [4.78, 5) is 16.7. The summed E-state index contributed by atoms with van der Waals surface area (Å²) in [6.45, 7) is 4.02. The molecule has 0 aliphatic rings. The van der Waals surface area contributed by atoms with Crippen LogP contribution in [-0.4, -0.2) is 21.3 Å². The quantitative estimate of drug-likeness (QED) is 0.543. The van der Waals surface area contributed by atoms with Gasteiger partial charge in [-0.1, -0.05) is 48.2 Å². The number of nitrogens with one attached hydrogen (secondary N) is 1. The first-order valence-electron chi connectivity index (χ1n) is 7.92. The van der Waals surface area contributed by atoms with Crippen LogP contribution in [0.1, 0.15) is 11.1 Å². The molecule has 0 atom stereocenters. The highest BCUT2D eigenvalue weighted by atomic mass is 32.2. The molecule has 1 amide bonds. The first-order chi connectivity index (χ1) is 12.0. The number of hydrogen-bond donors (Lipinski definition) is 2. The minimum Gasteiger partial charge on any atom is -0.337 e. The number of nitrogens with two attached hydrogens (primary N) is 1. The van der Waals surface area contributed by atoms with E-state index in [1.54, 1.807) is 6.20 Å². The molecule has 0 bridgehead atoms. The Bertz CT molecular complexity index is 869. The molecular weight excluding hydrogens is 332 g/mol. The molecule has 0 radical (unpaired) electrons. The van der Waals surface area contributed by atoms with Gasteiger partial charge in [0.15, 0.2) is 5.16 Å². The molecule has 3 aromatic rings. The fraction of sp³-hybridized carbons (Fsp3) is 0.158. The predicted molar refractivity (Wildman–Crippen MR) is 103 cm³/mol. The third-order valence-corrected chi connectivity index (χ3v) is 4.57. The molecule has 5 nitrogen and oxygen atoms in total. The minimum atomic E-state index is -0.0840. The van der Waals surface area contributed by atoms with E-state index in [9.17, 15) is 4.79 Å². The zero-order chi connectivity index (χ0) is 17.8. The molecule has 2 aromatic carbocycles. The lowest BCUT2D eigenvalue weighted by Crippen LogP contribution is -2.15. The number of aryl methyl sites for hydroxylation is 2. The standard InChI is InChI=1S/C19H20N4OS/c1-13-8-14(2)10-16(9-13)21-18(24)12-25-19-22-17(11-23(19)20)15-6-4-3-5-7-15/h3-11H,12,20H2,1-2H3,(H,21,24). The summed E-state index contributed by atoms with van der Waals surface area (Å²) in [5.74, 6) is 6.12. The van der Waals surface area contributed by atoms with Crippen molar-refractivity contribution in [2.45, 2.75) is 19.0 Å². The maximum absolute atomic E-state index is 12.2. The van der Waals surface area contributed by atoms with Gasteiger partial charge in [-0.25, -0.2) is 9.66 Å². The van der Waals surface area contributed by atoms with Crippen molar-refractivity contribution >= 4 is 23.4 Å². The lowest BCUT2D eigenvalue weighted by Gasteiger charge is -2.07. The van der Waals surface area contributed by atoms with E-state index >= 15 is 0 Å². The molecule has 128 valence electrons. The van der Waals surface area contributed by atoms with Crippen LogP contribution in [0.3, 0.4) is 0 Å². The van der Waals surface area contributed by atoms with Crippen molar-refractivity contribution in [3.8, 4) is 11.3 Å². The Kier molecular flexibility index (Phi) is 5.09. The third-order valence-electron chi connectivity index (χ3n) is 3.61. The minimum absolute atomic E-state index is 0.0840. The summed E-state index contributed by atoms with van der Waals surface area (Å²) in [6, 6.07) is 15.8. The zero-order valence-electron chi connectivity index (χ0n) is 14.2. The van der Waals surface area contributed by atoms with E-state index in [2.05, 4.69) is 16.4 Å². The smallest absolute Gasteiger partial charge is 0.234 e. The van der Waals surface area contributed by atoms with E-state index in [0.29, 0.717) is 5.16 Å². The summed E-state index contributed by atoms with van der Waals surface area (Å²) in [7, 11) is 0. The van der Waals surface area contributed by atoms with E-state index in [1.807, 2.05) is 56.3 Å². The largest absolute Gasteiger partial charge is 0.337 e. The third kappa shape index (κ3) is 4.42. The molecule has 0 spiro atoms. The molecule has 3 N–H and O–H groups in total. The highest BCUT2D eigenvalue weighted by molar-refractivity contribution is 7.99. The van der Waals surface area contributed by atoms with E-state index in [4.69, 9.17) is 5.84 Å². The Morgan fingerprint density at radius 3 is 2.52 bits per heavy atom. The van der Waals surface area contributed by atoms with Crippen LogP contribution < -0.4 is 11.2 Å². The van der Waals surface area contributed by atoms with Crippen molar-refractivity contribution in [2.24, 2.45) is 0 Å². The van der Waals surface area contributed by atoms with Crippen molar-refractivity contribution in [1.82, 2.24) is 9.66 Å². The number of carbonyl (C=O) groups is 1. The summed E-state index contributed by atoms with van der Waals surface area (Å²) in [5.41, 5.74) is 4.83. The Hall–Kier alpha value is -2.73. The number of aromatic nitrogens is 2. The average molecular weight is 352 g/mol. The second kappa shape index (κ2) is 7.44. The molecular formula is C19H20N4OS. The Labute approximate surface area is 151 Å². The van der Waals surface area contributed by atoms with Crippen LogP contribution in [0.4, 0.5) is 5.69 Å². The van der Waals surface area contributed by atoms with Crippen LogP contribution >= 0.6 is 11.8 Å². The van der Waals surface area contributed by atoms with E-state index < -0.39 is 0 Å². The number of thioether (sulfide) groups is 1. The lowest BCUT2D eigenvalue weighted by molar-refractivity contribution is -0.113. The van der Waals surface area contributed by atoms with Gasteiger partial charge in [-0.15, -0.1) is 0 Å². The maximum atomic E-state index is 12.2. The fourth-order valence-electron chi connectivity index (χ4n) is 2.61. The van der Waals surface area contributed by atoms with E-state index in [-0.39, 0.29) is 11.7 Å². The number of benzene rings is 2. The average Bonchev–Trinajstić information content (AvgIpc) is 2.94.